The van der Waals surface area contributed by atoms with E-state index >= 15 is 0 Å². The molecule has 7 nitrogen and oxygen atoms in total. The number of nitrogens with zero attached hydrogens (tertiary/aromatic N) is 1. The smallest absolute Gasteiger partial charge is 0.262 e. The van der Waals surface area contributed by atoms with Gasteiger partial charge in [-0.1, -0.05) is 6.07 Å². The van der Waals surface area contributed by atoms with E-state index in [0.717, 1.165) is 54.4 Å². The van der Waals surface area contributed by atoms with E-state index in [0.29, 0.717) is 35.4 Å². The summed E-state index contributed by atoms with van der Waals surface area (Å²) in [5.74, 6) is 1.29. The number of carbonyl (C=O) groups excluding carboxylic acids is 1. The number of halogens is 1. The normalized spacial score (nSPS) is 20.6. The quantitative estimate of drug-likeness (QED) is 0.476. The summed E-state index contributed by atoms with van der Waals surface area (Å²) in [6, 6.07) is 11.7. The molecule has 0 unspecified atom stereocenters. The van der Waals surface area contributed by atoms with Gasteiger partial charge in [-0.2, -0.15) is 0 Å². The lowest BCUT2D eigenvalue weighted by Crippen LogP contribution is -2.39. The van der Waals surface area contributed by atoms with Gasteiger partial charge < -0.3 is 25.8 Å². The Bertz CT molecular complexity index is 1230. The Kier molecular flexibility index (Phi) is 6.83. The average molecular weight is 479 g/mol. The van der Waals surface area contributed by atoms with Crippen LogP contribution in [-0.2, 0) is 17.8 Å². The van der Waals surface area contributed by atoms with Crippen LogP contribution < -0.4 is 25.8 Å². The molecule has 35 heavy (non-hydrogen) atoms. The Morgan fingerprint density at radius 2 is 2.06 bits per heavy atom. The summed E-state index contributed by atoms with van der Waals surface area (Å²) in [6.07, 6.45) is 5.81. The lowest BCUT2D eigenvalue weighted by molar-refractivity contribution is -0.118. The van der Waals surface area contributed by atoms with E-state index in [1.54, 1.807) is 7.11 Å². The van der Waals surface area contributed by atoms with E-state index in [2.05, 4.69) is 15.6 Å². The van der Waals surface area contributed by atoms with Gasteiger partial charge in [-0.05, 0) is 73.9 Å². The standard InChI is InChI=1S/C27H31FN4O3/c1-34-19-7-8-24-21(11-19)20(22(28)14-31-24)12-23(29)17-3-5-18(6-4-17)30-13-16-2-9-26-25(10-16)32-27(33)15-35-26/h2,7-11,14,17-18,23,30H,3-6,12-13,15,29H2,1H3,(H,32,33)/t17?,18?,23-/m1/s1. The molecule has 1 fully saturated rings. The molecule has 1 aliphatic carbocycles. The molecule has 2 heterocycles. The zero-order chi connectivity index (χ0) is 24.4. The highest BCUT2D eigenvalue weighted by molar-refractivity contribution is 5.95. The third-order valence-corrected chi connectivity index (χ3v) is 7.22. The van der Waals surface area contributed by atoms with Crippen LogP contribution in [0.2, 0.25) is 0 Å². The number of carbonyl (C=O) groups is 1. The third kappa shape index (κ3) is 5.23. The summed E-state index contributed by atoms with van der Waals surface area (Å²) in [5.41, 5.74) is 9.80. The van der Waals surface area contributed by atoms with Gasteiger partial charge in [0, 0.05) is 29.6 Å². The Morgan fingerprint density at radius 1 is 1.23 bits per heavy atom. The van der Waals surface area contributed by atoms with Gasteiger partial charge in [0.1, 0.15) is 17.3 Å². The van der Waals surface area contributed by atoms with Crippen molar-refractivity contribution in [3.8, 4) is 11.5 Å². The fourth-order valence-electron chi connectivity index (χ4n) is 5.19. The van der Waals surface area contributed by atoms with Crippen molar-refractivity contribution in [2.45, 2.75) is 50.7 Å². The van der Waals surface area contributed by atoms with Gasteiger partial charge in [0.05, 0.1) is 24.5 Å². The zero-order valence-electron chi connectivity index (χ0n) is 19.9. The van der Waals surface area contributed by atoms with E-state index < -0.39 is 0 Å². The van der Waals surface area contributed by atoms with Crippen LogP contribution in [0.3, 0.4) is 0 Å². The number of nitrogens with two attached hydrogens (primary N) is 1. The van der Waals surface area contributed by atoms with E-state index in [-0.39, 0.29) is 24.4 Å². The van der Waals surface area contributed by atoms with Gasteiger partial charge in [0.25, 0.3) is 5.91 Å². The number of rotatable bonds is 7. The number of methoxy groups -OCH3 is 1. The topological polar surface area (TPSA) is 98.5 Å². The number of aromatic nitrogens is 1. The molecule has 5 rings (SSSR count). The molecule has 8 heteroatoms. The predicted octanol–water partition coefficient (Wildman–Crippen LogP) is 3.93. The fourth-order valence-corrected chi connectivity index (χ4v) is 5.19. The fraction of sp³-hybridized carbons (Fsp3) is 0.407. The van der Waals surface area contributed by atoms with Gasteiger partial charge in [0.15, 0.2) is 6.61 Å². The molecule has 0 saturated heterocycles. The SMILES string of the molecule is COc1ccc2ncc(F)c(C[C@@H](N)C3CCC(NCc4ccc5c(c4)NC(=O)CO5)CC3)c2c1. The summed E-state index contributed by atoms with van der Waals surface area (Å²) in [7, 11) is 1.60. The molecule has 0 radical (unpaired) electrons. The van der Waals surface area contributed by atoms with Crippen LogP contribution in [0.15, 0.2) is 42.6 Å². The van der Waals surface area contributed by atoms with Crippen molar-refractivity contribution in [1.82, 2.24) is 10.3 Å². The van der Waals surface area contributed by atoms with E-state index in [4.69, 9.17) is 15.2 Å². The minimum Gasteiger partial charge on any atom is -0.497 e. The first kappa shape index (κ1) is 23.5. The maximum absolute atomic E-state index is 14.7. The molecule has 1 amide bonds. The Hall–Kier alpha value is -3.23. The van der Waals surface area contributed by atoms with Crippen molar-refractivity contribution >= 4 is 22.5 Å². The van der Waals surface area contributed by atoms with Crippen LogP contribution in [0, 0.1) is 11.7 Å². The van der Waals surface area contributed by atoms with Crippen molar-refractivity contribution in [3.05, 3.63) is 59.5 Å². The Morgan fingerprint density at radius 3 is 2.86 bits per heavy atom. The number of hydrogen-bond acceptors (Lipinski definition) is 6. The van der Waals surface area contributed by atoms with Gasteiger partial charge in [-0.15, -0.1) is 0 Å². The minimum atomic E-state index is -0.316. The minimum absolute atomic E-state index is 0.0637. The lowest BCUT2D eigenvalue weighted by Gasteiger charge is -2.33. The molecule has 1 saturated carbocycles. The van der Waals surface area contributed by atoms with E-state index in [9.17, 15) is 9.18 Å². The van der Waals surface area contributed by atoms with Crippen molar-refractivity contribution < 1.29 is 18.7 Å². The molecule has 0 spiro atoms. The van der Waals surface area contributed by atoms with Crippen LogP contribution >= 0.6 is 0 Å². The summed E-state index contributed by atoms with van der Waals surface area (Å²) >= 11 is 0. The first-order chi connectivity index (χ1) is 17.0. The van der Waals surface area contributed by atoms with E-state index in [1.165, 1.54) is 6.20 Å². The second-order valence-corrected chi connectivity index (χ2v) is 9.50. The van der Waals surface area contributed by atoms with Gasteiger partial charge in [0.2, 0.25) is 0 Å². The number of fused-ring (bicyclic) bond motifs is 2. The number of hydrogen-bond donors (Lipinski definition) is 3. The number of ether oxygens (including phenoxy) is 2. The molecule has 3 aromatic rings. The number of benzene rings is 2. The van der Waals surface area contributed by atoms with Gasteiger partial charge in [-0.3, -0.25) is 9.78 Å². The first-order valence-electron chi connectivity index (χ1n) is 12.2. The molecule has 1 aromatic heterocycles. The molecule has 1 aliphatic heterocycles. The van der Waals surface area contributed by atoms with E-state index in [1.807, 2.05) is 36.4 Å². The van der Waals surface area contributed by atoms with Crippen molar-refractivity contribution in [2.24, 2.45) is 11.7 Å². The first-order valence-corrected chi connectivity index (χ1v) is 12.2. The van der Waals surface area contributed by atoms with Crippen LogP contribution in [0.5, 0.6) is 11.5 Å². The molecule has 2 aromatic carbocycles. The van der Waals surface area contributed by atoms with Crippen LogP contribution in [0.1, 0.15) is 36.8 Å². The number of amides is 1. The van der Waals surface area contributed by atoms with Crippen molar-refractivity contribution in [1.29, 1.82) is 0 Å². The summed E-state index contributed by atoms with van der Waals surface area (Å²) in [4.78, 5) is 15.8. The lowest BCUT2D eigenvalue weighted by atomic mass is 9.79. The van der Waals surface area contributed by atoms with Crippen LogP contribution in [0.4, 0.5) is 10.1 Å². The highest BCUT2D eigenvalue weighted by Crippen LogP contribution is 2.32. The molecule has 4 N–H and O–H groups in total. The summed E-state index contributed by atoms with van der Waals surface area (Å²) in [5, 5.41) is 7.25. The van der Waals surface area contributed by atoms with Crippen LogP contribution in [0.25, 0.3) is 10.9 Å². The molecule has 1 atom stereocenters. The average Bonchev–Trinajstić information content (AvgIpc) is 2.88. The second kappa shape index (κ2) is 10.2. The predicted molar refractivity (Wildman–Crippen MR) is 133 cm³/mol. The molecule has 0 bridgehead atoms. The van der Waals surface area contributed by atoms with Crippen molar-refractivity contribution in [2.75, 3.05) is 19.0 Å². The number of anilines is 1. The van der Waals surface area contributed by atoms with Gasteiger partial charge >= 0.3 is 0 Å². The highest BCUT2D eigenvalue weighted by Gasteiger charge is 2.27. The zero-order valence-corrected chi connectivity index (χ0v) is 19.9. The van der Waals surface area contributed by atoms with Gasteiger partial charge in [-0.25, -0.2) is 4.39 Å². The number of nitrogens with one attached hydrogen (secondary N) is 2. The summed E-state index contributed by atoms with van der Waals surface area (Å²) < 4.78 is 25.5. The largest absolute Gasteiger partial charge is 0.497 e. The molecule has 2 aliphatic rings. The maximum atomic E-state index is 14.7. The summed E-state index contributed by atoms with van der Waals surface area (Å²) in [6.45, 7) is 0.786. The highest BCUT2D eigenvalue weighted by atomic mass is 19.1. The second-order valence-electron chi connectivity index (χ2n) is 9.50. The Balaban J connectivity index is 1.16. The molecular formula is C27H31FN4O3. The van der Waals surface area contributed by atoms with Crippen molar-refractivity contribution in [3.63, 3.8) is 0 Å². The van der Waals surface area contributed by atoms with Crippen LogP contribution in [-0.4, -0.2) is 36.7 Å². The molecule has 184 valence electrons. The molecular weight excluding hydrogens is 447 g/mol. The monoisotopic (exact) mass is 478 g/mol. The number of pyridine rings is 1. The maximum Gasteiger partial charge on any atom is 0.262 e. The Labute approximate surface area is 204 Å². The third-order valence-electron chi connectivity index (χ3n) is 7.22.